The number of benzene rings is 2. The molecule has 0 aromatic heterocycles. The van der Waals surface area contributed by atoms with Gasteiger partial charge in [0.1, 0.15) is 11.9 Å². The van der Waals surface area contributed by atoms with Crippen LogP contribution in [0.1, 0.15) is 16.7 Å². The number of aryl methyl sites for hydroxylation is 2. The Morgan fingerprint density at radius 2 is 1.89 bits per heavy atom. The zero-order valence-electron chi connectivity index (χ0n) is 10.3. The second-order valence-electron chi connectivity index (χ2n) is 4.25. The first-order chi connectivity index (χ1) is 8.60. The molecule has 1 N–H and O–H groups in total. The normalized spacial score (nSPS) is 9.89. The number of rotatable bonds is 2. The number of halogens is 1. The summed E-state index contributed by atoms with van der Waals surface area (Å²) < 4.78 is 13.2. The molecule has 0 saturated carbocycles. The van der Waals surface area contributed by atoms with Gasteiger partial charge in [-0.25, -0.2) is 4.39 Å². The maximum absolute atomic E-state index is 13.2. The van der Waals surface area contributed by atoms with E-state index in [1.807, 2.05) is 19.1 Å². The number of anilines is 2. The first-order valence-corrected chi connectivity index (χ1v) is 5.64. The molecule has 0 amide bonds. The molecule has 0 aliphatic rings. The van der Waals surface area contributed by atoms with Crippen LogP contribution in [0.25, 0.3) is 0 Å². The van der Waals surface area contributed by atoms with Gasteiger partial charge < -0.3 is 5.32 Å². The Hall–Kier alpha value is -2.34. The van der Waals surface area contributed by atoms with E-state index in [0.717, 1.165) is 16.9 Å². The Balaban J connectivity index is 2.36. The van der Waals surface area contributed by atoms with Crippen LogP contribution in [0.2, 0.25) is 0 Å². The third kappa shape index (κ3) is 2.49. The topological polar surface area (TPSA) is 35.8 Å². The molecule has 0 aliphatic heterocycles. The Bertz CT molecular complexity index is 627. The average Bonchev–Trinajstić information content (AvgIpc) is 2.34. The van der Waals surface area contributed by atoms with Gasteiger partial charge in [0.05, 0.1) is 11.3 Å². The van der Waals surface area contributed by atoms with Gasteiger partial charge in [-0.15, -0.1) is 0 Å². The lowest BCUT2D eigenvalue weighted by Gasteiger charge is -2.10. The molecule has 0 unspecified atom stereocenters. The highest BCUT2D eigenvalue weighted by Crippen LogP contribution is 2.23. The minimum Gasteiger partial charge on any atom is -0.354 e. The third-order valence-corrected chi connectivity index (χ3v) is 2.73. The molecule has 0 fully saturated rings. The van der Waals surface area contributed by atoms with Crippen molar-refractivity contribution in [3.8, 4) is 6.07 Å². The summed E-state index contributed by atoms with van der Waals surface area (Å²) in [5, 5.41) is 12.2. The van der Waals surface area contributed by atoms with Crippen LogP contribution in [0.15, 0.2) is 36.4 Å². The third-order valence-electron chi connectivity index (χ3n) is 2.73. The molecule has 0 radical (unpaired) electrons. The summed E-state index contributed by atoms with van der Waals surface area (Å²) in [4.78, 5) is 0. The van der Waals surface area contributed by atoms with E-state index in [4.69, 9.17) is 5.26 Å². The van der Waals surface area contributed by atoms with E-state index in [-0.39, 0.29) is 5.82 Å². The minimum absolute atomic E-state index is 0.231. The van der Waals surface area contributed by atoms with E-state index in [0.29, 0.717) is 11.1 Å². The van der Waals surface area contributed by atoms with Crippen molar-refractivity contribution in [3.63, 3.8) is 0 Å². The number of nitrogens with zero attached hydrogens (tertiary/aromatic N) is 1. The fourth-order valence-corrected chi connectivity index (χ4v) is 1.74. The van der Waals surface area contributed by atoms with E-state index in [9.17, 15) is 4.39 Å². The molecule has 2 nitrogen and oxygen atoms in total. The molecule has 0 bridgehead atoms. The predicted octanol–water partition coefficient (Wildman–Crippen LogP) is 4.06. The zero-order chi connectivity index (χ0) is 13.1. The lowest BCUT2D eigenvalue weighted by molar-refractivity contribution is 0.619. The van der Waals surface area contributed by atoms with Gasteiger partial charge >= 0.3 is 0 Å². The predicted molar refractivity (Wildman–Crippen MR) is 70.3 cm³/mol. The first kappa shape index (κ1) is 12.1. The molecule has 0 atom stereocenters. The second kappa shape index (κ2) is 4.89. The van der Waals surface area contributed by atoms with Crippen LogP contribution in [0.5, 0.6) is 0 Å². The lowest BCUT2D eigenvalue weighted by Crippen LogP contribution is -1.95. The summed E-state index contributed by atoms with van der Waals surface area (Å²) in [6, 6.07) is 12.5. The van der Waals surface area contributed by atoms with Gasteiger partial charge in [-0.1, -0.05) is 6.07 Å². The van der Waals surface area contributed by atoms with Crippen LogP contribution >= 0.6 is 0 Å². The van der Waals surface area contributed by atoms with Crippen molar-refractivity contribution in [2.45, 2.75) is 13.8 Å². The van der Waals surface area contributed by atoms with E-state index in [2.05, 4.69) is 11.4 Å². The summed E-state index contributed by atoms with van der Waals surface area (Å²) in [7, 11) is 0. The molecule has 90 valence electrons. The molecular formula is C15H13FN2. The van der Waals surface area contributed by atoms with Crippen molar-refractivity contribution in [1.82, 2.24) is 0 Å². The van der Waals surface area contributed by atoms with Crippen LogP contribution < -0.4 is 5.32 Å². The Kier molecular flexibility index (Phi) is 3.29. The highest BCUT2D eigenvalue weighted by atomic mass is 19.1. The highest BCUT2D eigenvalue weighted by Gasteiger charge is 2.04. The number of nitrogens with one attached hydrogen (secondary N) is 1. The quantitative estimate of drug-likeness (QED) is 0.859. The molecule has 18 heavy (non-hydrogen) atoms. The van der Waals surface area contributed by atoms with E-state index in [1.165, 1.54) is 6.07 Å². The first-order valence-electron chi connectivity index (χ1n) is 5.64. The second-order valence-corrected chi connectivity index (χ2v) is 4.25. The van der Waals surface area contributed by atoms with Gasteiger partial charge in [-0.3, -0.25) is 0 Å². The van der Waals surface area contributed by atoms with Crippen LogP contribution in [-0.2, 0) is 0 Å². The molecule has 0 heterocycles. The molecule has 2 aromatic rings. The van der Waals surface area contributed by atoms with Crippen LogP contribution in [-0.4, -0.2) is 0 Å². The summed E-state index contributed by atoms with van der Waals surface area (Å²) in [6.45, 7) is 3.67. The van der Waals surface area contributed by atoms with Gasteiger partial charge in [-0.05, 0) is 55.3 Å². The standard InChI is InChI=1S/C15H13FN2/c1-10-3-4-12(9-17)15(7-10)18-13-5-6-14(16)11(2)8-13/h3-8,18H,1-2H3. The molecule has 2 aromatic carbocycles. The monoisotopic (exact) mass is 240 g/mol. The summed E-state index contributed by atoms with van der Waals surface area (Å²) in [6.07, 6.45) is 0. The van der Waals surface area contributed by atoms with E-state index in [1.54, 1.807) is 25.1 Å². The minimum atomic E-state index is -0.231. The average molecular weight is 240 g/mol. The maximum atomic E-state index is 13.2. The van der Waals surface area contributed by atoms with Crippen molar-refractivity contribution in [1.29, 1.82) is 5.26 Å². The van der Waals surface area contributed by atoms with Crippen molar-refractivity contribution in [3.05, 3.63) is 58.9 Å². The van der Waals surface area contributed by atoms with Gasteiger partial charge in [0.25, 0.3) is 0 Å². The van der Waals surface area contributed by atoms with Crippen molar-refractivity contribution in [2.24, 2.45) is 0 Å². The van der Waals surface area contributed by atoms with Crippen molar-refractivity contribution >= 4 is 11.4 Å². The van der Waals surface area contributed by atoms with Crippen molar-refractivity contribution < 1.29 is 4.39 Å². The smallest absolute Gasteiger partial charge is 0.126 e. The van der Waals surface area contributed by atoms with Gasteiger partial charge in [0.2, 0.25) is 0 Å². The van der Waals surface area contributed by atoms with E-state index >= 15 is 0 Å². The van der Waals surface area contributed by atoms with E-state index < -0.39 is 0 Å². The Labute approximate surface area is 106 Å². The number of hydrogen-bond donors (Lipinski definition) is 1. The van der Waals surface area contributed by atoms with Gasteiger partial charge in [0, 0.05) is 5.69 Å². The maximum Gasteiger partial charge on any atom is 0.126 e. The molecule has 3 heteroatoms. The summed E-state index contributed by atoms with van der Waals surface area (Å²) >= 11 is 0. The Morgan fingerprint density at radius 1 is 1.11 bits per heavy atom. The van der Waals surface area contributed by atoms with Gasteiger partial charge in [0.15, 0.2) is 0 Å². The molecule has 0 spiro atoms. The molecule has 2 rings (SSSR count). The summed E-state index contributed by atoms with van der Waals surface area (Å²) in [5.74, 6) is -0.231. The largest absolute Gasteiger partial charge is 0.354 e. The molecule has 0 saturated heterocycles. The van der Waals surface area contributed by atoms with Gasteiger partial charge in [-0.2, -0.15) is 5.26 Å². The summed E-state index contributed by atoms with van der Waals surface area (Å²) in [5.41, 5.74) is 3.73. The van der Waals surface area contributed by atoms with Crippen molar-refractivity contribution in [2.75, 3.05) is 5.32 Å². The fourth-order valence-electron chi connectivity index (χ4n) is 1.74. The Morgan fingerprint density at radius 3 is 2.56 bits per heavy atom. The SMILES string of the molecule is Cc1ccc(C#N)c(Nc2ccc(F)c(C)c2)c1. The highest BCUT2D eigenvalue weighted by molar-refractivity contribution is 5.67. The zero-order valence-corrected chi connectivity index (χ0v) is 10.3. The van der Waals surface area contributed by atoms with Crippen LogP contribution in [0.3, 0.4) is 0 Å². The lowest BCUT2D eigenvalue weighted by atomic mass is 10.1. The van der Waals surface area contributed by atoms with Crippen LogP contribution in [0, 0.1) is 31.0 Å². The molecular weight excluding hydrogens is 227 g/mol. The number of nitriles is 1. The van der Waals surface area contributed by atoms with Crippen LogP contribution in [0.4, 0.5) is 15.8 Å². The number of hydrogen-bond acceptors (Lipinski definition) is 2. The fraction of sp³-hybridized carbons (Fsp3) is 0.133. The molecule has 0 aliphatic carbocycles.